The van der Waals surface area contributed by atoms with Crippen molar-refractivity contribution < 1.29 is 28.2 Å². The minimum absolute atomic E-state index is 0.125. The first kappa shape index (κ1) is 28.1. The normalized spacial score (nSPS) is 14.1. The highest BCUT2D eigenvalue weighted by molar-refractivity contribution is 5.99. The molecule has 0 amide bonds. The molecule has 1 aromatic heterocycles. The van der Waals surface area contributed by atoms with Gasteiger partial charge in [0.15, 0.2) is 5.78 Å². The van der Waals surface area contributed by atoms with Gasteiger partial charge in [-0.05, 0) is 80.9 Å². The van der Waals surface area contributed by atoms with Crippen molar-refractivity contribution in [2.75, 3.05) is 27.2 Å². The Morgan fingerprint density at radius 3 is 2.49 bits per heavy atom. The van der Waals surface area contributed by atoms with E-state index in [1.165, 1.54) is 6.92 Å². The first-order chi connectivity index (χ1) is 19.7. The number of hydrogen-bond acceptors (Lipinski definition) is 8. The number of hydrogen-bond donors (Lipinski definition) is 0. The van der Waals surface area contributed by atoms with Crippen molar-refractivity contribution in [2.24, 2.45) is 0 Å². The van der Waals surface area contributed by atoms with Gasteiger partial charge in [0.2, 0.25) is 0 Å². The van der Waals surface area contributed by atoms with Crippen molar-refractivity contribution in [1.29, 1.82) is 0 Å². The van der Waals surface area contributed by atoms with E-state index in [0.29, 0.717) is 39.5 Å². The third-order valence-electron chi connectivity index (χ3n) is 7.42. The number of Topliss-reactive ketones (excluding diaryl/α,β-unsaturated/α-hetero) is 1. The van der Waals surface area contributed by atoms with Crippen LogP contribution in [0.1, 0.15) is 41.3 Å². The highest BCUT2D eigenvalue weighted by Crippen LogP contribution is 2.34. The molecule has 4 aromatic rings. The molecule has 1 aliphatic heterocycles. The zero-order valence-corrected chi connectivity index (χ0v) is 23.7. The third-order valence-corrected chi connectivity index (χ3v) is 7.42. The molecule has 0 aliphatic carbocycles. The molecule has 2 heterocycles. The maximum Gasteiger partial charge on any atom is 0.339 e. The Morgan fingerprint density at radius 2 is 1.76 bits per heavy atom. The number of aryl methyl sites for hydroxylation is 1. The van der Waals surface area contributed by atoms with Crippen LogP contribution >= 0.6 is 0 Å². The van der Waals surface area contributed by atoms with Crippen molar-refractivity contribution >= 4 is 22.7 Å². The van der Waals surface area contributed by atoms with E-state index in [1.807, 2.05) is 31.2 Å². The number of methoxy groups -OCH3 is 1. The molecular formula is C33H33NO7. The Labute approximate surface area is 238 Å². The number of carbonyl (C=O) groups excluding carboxylic acids is 2. The summed E-state index contributed by atoms with van der Waals surface area (Å²) in [5, 5.41) is 0.725. The number of carbonyl (C=O) groups is 2. The number of esters is 1. The van der Waals surface area contributed by atoms with Gasteiger partial charge in [-0.3, -0.25) is 9.59 Å². The molecule has 8 nitrogen and oxygen atoms in total. The van der Waals surface area contributed by atoms with Gasteiger partial charge >= 0.3 is 11.6 Å². The molecule has 0 spiro atoms. The summed E-state index contributed by atoms with van der Waals surface area (Å²) in [5.41, 5.74) is 2.57. The quantitative estimate of drug-likeness (QED) is 0.120. The molecule has 0 saturated carbocycles. The fourth-order valence-electron chi connectivity index (χ4n) is 5.12. The molecule has 0 radical (unpaired) electrons. The average molecular weight is 556 g/mol. The van der Waals surface area contributed by atoms with Gasteiger partial charge < -0.3 is 23.5 Å². The third kappa shape index (κ3) is 6.33. The fourth-order valence-corrected chi connectivity index (χ4v) is 5.12. The average Bonchev–Trinajstić information content (AvgIpc) is 2.96. The maximum atomic E-state index is 13.4. The summed E-state index contributed by atoms with van der Waals surface area (Å²) in [6.45, 7) is 5.17. The Morgan fingerprint density at radius 1 is 1.00 bits per heavy atom. The molecule has 0 unspecified atom stereocenters. The predicted octanol–water partition coefficient (Wildman–Crippen LogP) is 5.60. The number of fused-ring (bicyclic) bond motifs is 1. The minimum Gasteiger partial charge on any atom is -0.497 e. The Balaban J connectivity index is 1.41. The maximum absolute atomic E-state index is 13.4. The monoisotopic (exact) mass is 555 g/mol. The SMILES string of the molecule is COc1cccc(-c2cc(C(=O)Cc3cc4ccc(OC5CCN(C)CC5)c(C)c4oc3=O)ccc2OC(C)=O)c1. The van der Waals surface area contributed by atoms with Gasteiger partial charge in [-0.15, -0.1) is 0 Å². The van der Waals surface area contributed by atoms with E-state index in [-0.39, 0.29) is 23.9 Å². The van der Waals surface area contributed by atoms with Gasteiger partial charge in [0.05, 0.1) is 7.11 Å². The van der Waals surface area contributed by atoms with Crippen LogP contribution < -0.4 is 19.8 Å². The summed E-state index contributed by atoms with van der Waals surface area (Å²) in [6, 6.07) is 17.5. The first-order valence-electron chi connectivity index (χ1n) is 13.6. The van der Waals surface area contributed by atoms with Crippen molar-refractivity contribution in [3.8, 4) is 28.4 Å². The van der Waals surface area contributed by atoms with E-state index in [9.17, 15) is 14.4 Å². The summed E-state index contributed by atoms with van der Waals surface area (Å²) in [5.74, 6) is 0.904. The molecule has 1 fully saturated rings. The molecular weight excluding hydrogens is 522 g/mol. The van der Waals surface area contributed by atoms with Crippen molar-refractivity contribution in [2.45, 2.75) is 39.2 Å². The molecule has 5 rings (SSSR count). The smallest absolute Gasteiger partial charge is 0.339 e. The second kappa shape index (κ2) is 12.0. The van der Waals surface area contributed by atoms with Gasteiger partial charge in [-0.2, -0.15) is 0 Å². The van der Waals surface area contributed by atoms with Crippen LogP contribution in [0.15, 0.2) is 69.9 Å². The second-order valence-corrected chi connectivity index (χ2v) is 10.4. The summed E-state index contributed by atoms with van der Waals surface area (Å²) in [6.07, 6.45) is 1.87. The van der Waals surface area contributed by atoms with Crippen molar-refractivity contribution in [3.63, 3.8) is 0 Å². The largest absolute Gasteiger partial charge is 0.497 e. The van der Waals surface area contributed by atoms with Crippen LogP contribution in [0.3, 0.4) is 0 Å². The number of ether oxygens (including phenoxy) is 3. The van der Waals surface area contributed by atoms with Gasteiger partial charge in [0.1, 0.15) is 28.9 Å². The lowest BCUT2D eigenvalue weighted by Crippen LogP contribution is -2.35. The first-order valence-corrected chi connectivity index (χ1v) is 13.6. The number of piperidine rings is 1. The Bertz CT molecular complexity index is 1660. The molecule has 41 heavy (non-hydrogen) atoms. The molecule has 0 atom stereocenters. The number of likely N-dealkylation sites (tertiary alicyclic amines) is 1. The van der Waals surface area contributed by atoms with Crippen LogP contribution in [0.25, 0.3) is 22.1 Å². The molecule has 8 heteroatoms. The van der Waals surface area contributed by atoms with E-state index < -0.39 is 11.6 Å². The number of rotatable bonds is 8. The Hall–Kier alpha value is -4.43. The lowest BCUT2D eigenvalue weighted by atomic mass is 9.97. The zero-order valence-electron chi connectivity index (χ0n) is 23.7. The number of ketones is 1. The van der Waals surface area contributed by atoms with E-state index in [4.69, 9.17) is 18.6 Å². The number of benzene rings is 3. The van der Waals surface area contributed by atoms with Gasteiger partial charge in [0, 0.05) is 54.1 Å². The minimum atomic E-state index is -0.560. The van der Waals surface area contributed by atoms with Crippen LogP contribution in [0, 0.1) is 6.92 Å². The van der Waals surface area contributed by atoms with Crippen LogP contribution in [-0.4, -0.2) is 50.0 Å². The number of nitrogens with zero attached hydrogens (tertiary/aromatic N) is 1. The lowest BCUT2D eigenvalue weighted by Gasteiger charge is -2.29. The molecule has 1 saturated heterocycles. The Kier molecular flexibility index (Phi) is 8.21. The van der Waals surface area contributed by atoms with Crippen molar-refractivity contribution in [1.82, 2.24) is 4.90 Å². The van der Waals surface area contributed by atoms with Gasteiger partial charge in [-0.25, -0.2) is 4.79 Å². The summed E-state index contributed by atoms with van der Waals surface area (Å²) >= 11 is 0. The van der Waals surface area contributed by atoms with E-state index >= 15 is 0 Å². The van der Waals surface area contributed by atoms with Gasteiger partial charge in [-0.1, -0.05) is 12.1 Å². The predicted molar refractivity (Wildman–Crippen MR) is 156 cm³/mol. The summed E-state index contributed by atoms with van der Waals surface area (Å²) in [7, 11) is 3.66. The lowest BCUT2D eigenvalue weighted by molar-refractivity contribution is -0.131. The van der Waals surface area contributed by atoms with E-state index in [2.05, 4.69) is 11.9 Å². The second-order valence-electron chi connectivity index (χ2n) is 10.4. The molecule has 212 valence electrons. The fraction of sp³-hybridized carbons (Fsp3) is 0.303. The topological polar surface area (TPSA) is 95.3 Å². The highest BCUT2D eigenvalue weighted by Gasteiger charge is 2.21. The van der Waals surface area contributed by atoms with Crippen LogP contribution in [-0.2, 0) is 11.2 Å². The summed E-state index contributed by atoms with van der Waals surface area (Å²) < 4.78 is 22.7. The zero-order chi connectivity index (χ0) is 29.1. The van der Waals surface area contributed by atoms with Crippen LogP contribution in [0.2, 0.25) is 0 Å². The van der Waals surface area contributed by atoms with Crippen molar-refractivity contribution in [3.05, 3.63) is 87.8 Å². The highest BCUT2D eigenvalue weighted by atomic mass is 16.5. The molecule has 0 N–H and O–H groups in total. The van der Waals surface area contributed by atoms with Gasteiger partial charge in [0.25, 0.3) is 0 Å². The molecule has 1 aliphatic rings. The van der Waals surface area contributed by atoms with E-state index in [0.717, 1.165) is 36.9 Å². The molecule has 3 aromatic carbocycles. The molecule has 0 bridgehead atoms. The van der Waals surface area contributed by atoms with Crippen LogP contribution in [0.4, 0.5) is 0 Å². The van der Waals surface area contributed by atoms with Crippen LogP contribution in [0.5, 0.6) is 17.2 Å². The van der Waals surface area contributed by atoms with E-state index in [1.54, 1.807) is 43.5 Å². The standard InChI is InChI=1S/C33H33NO7/c1-20-30(40-26-12-14-34(3)15-13-26)10-9-24-16-25(33(37)41-32(20)24)19-29(36)23-8-11-31(39-21(2)35)28(18-23)22-6-5-7-27(17-22)38-4/h5-11,16-18,26H,12-15,19H2,1-4H3. The summed E-state index contributed by atoms with van der Waals surface area (Å²) in [4.78, 5) is 40.4.